The fourth-order valence-electron chi connectivity index (χ4n) is 3.20. The van der Waals surface area contributed by atoms with Crippen LogP contribution in [0.15, 0.2) is 53.4 Å². The van der Waals surface area contributed by atoms with Crippen LogP contribution in [0.25, 0.3) is 0 Å². The molecule has 28 heavy (non-hydrogen) atoms. The lowest BCUT2D eigenvalue weighted by molar-refractivity contribution is -0.280. The summed E-state index contributed by atoms with van der Waals surface area (Å²) < 4.78 is 11.0. The minimum atomic E-state index is -1.46. The maximum Gasteiger partial charge on any atom is 0.195 e. The predicted octanol–water partition coefficient (Wildman–Crippen LogP) is 1.57. The van der Waals surface area contributed by atoms with E-state index in [0.29, 0.717) is 12.2 Å². The van der Waals surface area contributed by atoms with Gasteiger partial charge in [-0.3, -0.25) is 0 Å². The Kier molecular flexibility index (Phi) is 7.34. The zero-order chi connectivity index (χ0) is 20.1. The Labute approximate surface area is 168 Å². The fraction of sp³-hybridized carbons (Fsp3) is 0.429. The van der Waals surface area contributed by atoms with E-state index in [9.17, 15) is 20.4 Å². The van der Waals surface area contributed by atoms with E-state index in [-0.39, 0.29) is 0 Å². The van der Waals surface area contributed by atoms with Crippen LogP contribution in [0.4, 0.5) is 0 Å². The highest BCUT2D eigenvalue weighted by atomic mass is 32.2. The fourth-order valence-corrected chi connectivity index (χ4v) is 3.86. The lowest BCUT2D eigenvalue weighted by atomic mass is 9.98. The van der Waals surface area contributed by atoms with Crippen molar-refractivity contribution in [1.82, 2.24) is 0 Å². The van der Waals surface area contributed by atoms with Gasteiger partial charge in [0.1, 0.15) is 24.1 Å². The smallest absolute Gasteiger partial charge is 0.195 e. The topological polar surface area (TPSA) is 99.4 Å². The van der Waals surface area contributed by atoms with E-state index in [4.69, 9.17) is 9.47 Å². The Morgan fingerprint density at radius 3 is 2.39 bits per heavy atom. The minimum Gasteiger partial charge on any atom is -0.482 e. The highest BCUT2D eigenvalue weighted by molar-refractivity contribution is 7.99. The molecule has 0 aliphatic carbocycles. The summed E-state index contributed by atoms with van der Waals surface area (Å²) in [7, 11) is 0. The van der Waals surface area contributed by atoms with Crippen molar-refractivity contribution in [2.45, 2.75) is 48.9 Å². The molecule has 4 N–H and O–H groups in total. The van der Waals surface area contributed by atoms with Gasteiger partial charge in [-0.25, -0.2) is 0 Å². The molecule has 1 aliphatic heterocycles. The van der Waals surface area contributed by atoms with Crippen LogP contribution in [0, 0.1) is 0 Å². The average molecular weight is 407 g/mol. The molecule has 1 saturated heterocycles. The van der Waals surface area contributed by atoms with Crippen LogP contribution in [-0.2, 0) is 11.2 Å². The van der Waals surface area contributed by atoms with Crippen LogP contribution in [0.2, 0.25) is 0 Å². The number of aliphatic hydroxyl groups is 4. The van der Waals surface area contributed by atoms with Gasteiger partial charge in [-0.05, 0) is 35.1 Å². The third-order valence-electron chi connectivity index (χ3n) is 4.71. The Bertz CT molecular complexity index is 753. The number of benzene rings is 2. The second-order valence-corrected chi connectivity index (χ2v) is 8.01. The SMILES string of the molecule is CCSc1ccc(Cc2ccccc2O[C@@H]2[C@@H](O)[C@H](O)[C@@H](CO)O[C@H]2O)cc1. The first-order valence-corrected chi connectivity index (χ1v) is 10.3. The number of thioether (sulfide) groups is 1. The van der Waals surface area contributed by atoms with Gasteiger partial charge in [0.2, 0.25) is 0 Å². The van der Waals surface area contributed by atoms with E-state index in [1.807, 2.05) is 12.1 Å². The third kappa shape index (κ3) is 4.86. The molecule has 0 spiro atoms. The first kappa shape index (κ1) is 21.1. The summed E-state index contributed by atoms with van der Waals surface area (Å²) in [5, 5.41) is 39.7. The maximum absolute atomic E-state index is 10.3. The maximum atomic E-state index is 10.3. The van der Waals surface area contributed by atoms with Crippen molar-refractivity contribution in [2.24, 2.45) is 0 Å². The molecule has 2 aromatic rings. The first-order valence-electron chi connectivity index (χ1n) is 9.30. The summed E-state index contributed by atoms with van der Waals surface area (Å²) >= 11 is 1.78. The number of hydrogen-bond donors (Lipinski definition) is 4. The molecule has 1 heterocycles. The van der Waals surface area contributed by atoms with Gasteiger partial charge in [0.25, 0.3) is 0 Å². The third-order valence-corrected chi connectivity index (χ3v) is 5.60. The molecule has 7 heteroatoms. The number of aliphatic hydroxyl groups excluding tert-OH is 4. The van der Waals surface area contributed by atoms with Gasteiger partial charge >= 0.3 is 0 Å². The number of hydrogen-bond acceptors (Lipinski definition) is 7. The zero-order valence-corrected chi connectivity index (χ0v) is 16.5. The summed E-state index contributed by atoms with van der Waals surface area (Å²) in [6.45, 7) is 1.61. The molecule has 5 atom stereocenters. The number of rotatable bonds is 7. The van der Waals surface area contributed by atoms with E-state index in [1.165, 1.54) is 4.90 Å². The van der Waals surface area contributed by atoms with Crippen molar-refractivity contribution < 1.29 is 29.9 Å². The predicted molar refractivity (Wildman–Crippen MR) is 106 cm³/mol. The Morgan fingerprint density at radius 2 is 1.71 bits per heavy atom. The van der Waals surface area contributed by atoms with Gasteiger partial charge in [0.05, 0.1) is 6.61 Å². The molecule has 152 valence electrons. The Morgan fingerprint density at radius 1 is 1.00 bits per heavy atom. The lowest BCUT2D eigenvalue weighted by Crippen LogP contribution is -2.60. The van der Waals surface area contributed by atoms with Crippen LogP contribution in [0.3, 0.4) is 0 Å². The summed E-state index contributed by atoms with van der Waals surface area (Å²) in [5.41, 5.74) is 1.99. The average Bonchev–Trinajstić information content (AvgIpc) is 2.71. The molecule has 2 aromatic carbocycles. The number of ether oxygens (including phenoxy) is 2. The van der Waals surface area contributed by atoms with Crippen molar-refractivity contribution in [1.29, 1.82) is 0 Å². The summed E-state index contributed by atoms with van der Waals surface area (Å²) in [6.07, 6.45) is -5.81. The Balaban J connectivity index is 1.75. The van der Waals surface area contributed by atoms with E-state index in [0.717, 1.165) is 16.9 Å². The quantitative estimate of drug-likeness (QED) is 0.518. The highest BCUT2D eigenvalue weighted by Crippen LogP contribution is 2.28. The monoisotopic (exact) mass is 406 g/mol. The molecule has 0 radical (unpaired) electrons. The molecular weight excluding hydrogens is 380 g/mol. The van der Waals surface area contributed by atoms with Gasteiger partial charge in [-0.2, -0.15) is 0 Å². The molecule has 6 nitrogen and oxygen atoms in total. The lowest BCUT2D eigenvalue weighted by Gasteiger charge is -2.40. The van der Waals surface area contributed by atoms with E-state index >= 15 is 0 Å². The highest BCUT2D eigenvalue weighted by Gasteiger charge is 2.45. The van der Waals surface area contributed by atoms with Crippen molar-refractivity contribution >= 4 is 11.8 Å². The Hall–Kier alpha value is -1.61. The van der Waals surface area contributed by atoms with Gasteiger partial charge < -0.3 is 29.9 Å². The first-order chi connectivity index (χ1) is 13.5. The van der Waals surface area contributed by atoms with Gasteiger partial charge in [0.15, 0.2) is 12.4 Å². The zero-order valence-electron chi connectivity index (χ0n) is 15.6. The van der Waals surface area contributed by atoms with E-state index in [2.05, 4.69) is 31.2 Å². The van der Waals surface area contributed by atoms with Crippen molar-refractivity contribution in [3.8, 4) is 5.75 Å². The molecule has 1 aliphatic rings. The van der Waals surface area contributed by atoms with Crippen molar-refractivity contribution in [3.05, 3.63) is 59.7 Å². The van der Waals surface area contributed by atoms with Crippen LogP contribution in [0.5, 0.6) is 5.75 Å². The van der Waals surface area contributed by atoms with Gasteiger partial charge in [0, 0.05) is 11.3 Å². The van der Waals surface area contributed by atoms with Crippen LogP contribution >= 0.6 is 11.8 Å². The second kappa shape index (κ2) is 9.73. The van der Waals surface area contributed by atoms with Crippen molar-refractivity contribution in [2.75, 3.05) is 12.4 Å². The molecule has 0 amide bonds. The molecule has 1 fully saturated rings. The molecule has 0 bridgehead atoms. The molecule has 0 saturated carbocycles. The second-order valence-electron chi connectivity index (χ2n) is 6.67. The molecular formula is C21H26O6S. The minimum absolute atomic E-state index is 0.496. The van der Waals surface area contributed by atoms with Gasteiger partial charge in [-0.1, -0.05) is 37.3 Å². The molecule has 0 aromatic heterocycles. The van der Waals surface area contributed by atoms with Crippen LogP contribution < -0.4 is 4.74 Å². The largest absolute Gasteiger partial charge is 0.482 e. The summed E-state index contributed by atoms with van der Waals surface area (Å²) in [5.74, 6) is 1.52. The number of para-hydroxylation sites is 1. The molecule has 3 rings (SSSR count). The summed E-state index contributed by atoms with van der Waals surface area (Å²) in [6, 6.07) is 15.7. The van der Waals surface area contributed by atoms with E-state index < -0.39 is 37.3 Å². The summed E-state index contributed by atoms with van der Waals surface area (Å²) in [4.78, 5) is 1.22. The molecule has 0 unspecified atom stereocenters. The standard InChI is InChI=1S/C21H26O6S/c1-2-28-15-9-7-13(8-10-15)11-14-5-3-4-6-16(14)26-20-19(24)18(23)17(12-22)27-21(20)25/h3-10,17-25H,2,11-12H2,1H3/t17-,18-,19+,20-,21-/m1/s1. The van der Waals surface area contributed by atoms with Gasteiger partial charge in [-0.15, -0.1) is 11.8 Å². The van der Waals surface area contributed by atoms with Crippen LogP contribution in [-0.4, -0.2) is 63.5 Å². The van der Waals surface area contributed by atoms with Crippen LogP contribution in [0.1, 0.15) is 18.1 Å². The van der Waals surface area contributed by atoms with E-state index in [1.54, 1.807) is 23.9 Å². The van der Waals surface area contributed by atoms with Crippen molar-refractivity contribution in [3.63, 3.8) is 0 Å². The normalized spacial score (nSPS) is 27.5.